The molecule has 0 radical (unpaired) electrons. The van der Waals surface area contributed by atoms with Crippen molar-refractivity contribution in [3.05, 3.63) is 42.1 Å². The molecule has 0 saturated heterocycles. The van der Waals surface area contributed by atoms with E-state index >= 15 is 0 Å². The predicted octanol–water partition coefficient (Wildman–Crippen LogP) is 2.67. The Hall–Kier alpha value is -2.47. The molecule has 1 amide bonds. The van der Waals surface area contributed by atoms with Crippen LogP contribution in [0.2, 0.25) is 0 Å². The number of hydrogen-bond acceptors (Lipinski definition) is 5. The lowest BCUT2D eigenvalue weighted by molar-refractivity contribution is -0.116. The zero-order valence-corrected chi connectivity index (χ0v) is 13.9. The van der Waals surface area contributed by atoms with Crippen molar-refractivity contribution in [3.8, 4) is 11.5 Å². The molecule has 2 rings (SSSR count). The topological polar surface area (TPSA) is 86.5 Å². The summed E-state index contributed by atoms with van der Waals surface area (Å²) in [6.07, 6.45) is 2.40. The third kappa shape index (κ3) is 5.34. The Morgan fingerprint density at radius 1 is 1.22 bits per heavy atom. The number of halogens is 1. The number of nitrogen functional groups attached to an aromatic ring is 1. The minimum Gasteiger partial charge on any atom is -0.497 e. The van der Waals surface area contributed by atoms with E-state index in [0.29, 0.717) is 24.3 Å². The SMILES string of the molecule is COc1ccc(OC)c(CCC(=O)Nc2ccc(N)nc2)c1.Cl. The highest BCUT2D eigenvalue weighted by atomic mass is 35.5. The van der Waals surface area contributed by atoms with Crippen LogP contribution in [0.5, 0.6) is 11.5 Å². The van der Waals surface area contributed by atoms with Crippen molar-refractivity contribution in [3.63, 3.8) is 0 Å². The monoisotopic (exact) mass is 337 g/mol. The van der Waals surface area contributed by atoms with E-state index in [4.69, 9.17) is 15.2 Å². The highest BCUT2D eigenvalue weighted by molar-refractivity contribution is 5.90. The van der Waals surface area contributed by atoms with Gasteiger partial charge in [0, 0.05) is 6.42 Å². The van der Waals surface area contributed by atoms with Crippen LogP contribution in [0, 0.1) is 0 Å². The van der Waals surface area contributed by atoms with Gasteiger partial charge in [-0.2, -0.15) is 0 Å². The van der Waals surface area contributed by atoms with E-state index in [0.717, 1.165) is 17.1 Å². The quantitative estimate of drug-likeness (QED) is 0.846. The fourth-order valence-electron chi connectivity index (χ4n) is 2.03. The van der Waals surface area contributed by atoms with E-state index in [-0.39, 0.29) is 18.3 Å². The van der Waals surface area contributed by atoms with Crippen molar-refractivity contribution in [2.75, 3.05) is 25.3 Å². The molecule has 0 fully saturated rings. The lowest BCUT2D eigenvalue weighted by Crippen LogP contribution is -2.13. The number of carbonyl (C=O) groups excluding carboxylic acids is 1. The average Bonchev–Trinajstić information content (AvgIpc) is 2.54. The lowest BCUT2D eigenvalue weighted by atomic mass is 10.1. The molecule has 0 unspecified atom stereocenters. The summed E-state index contributed by atoms with van der Waals surface area (Å²) < 4.78 is 10.5. The number of benzene rings is 1. The van der Waals surface area contributed by atoms with Crippen LogP contribution < -0.4 is 20.5 Å². The van der Waals surface area contributed by atoms with Gasteiger partial charge >= 0.3 is 0 Å². The normalized spacial score (nSPS) is 9.65. The van der Waals surface area contributed by atoms with Crippen molar-refractivity contribution < 1.29 is 14.3 Å². The molecule has 0 aliphatic carbocycles. The molecule has 6 nitrogen and oxygen atoms in total. The second-order valence-electron chi connectivity index (χ2n) is 4.70. The fraction of sp³-hybridized carbons (Fsp3) is 0.250. The van der Waals surface area contributed by atoms with Crippen molar-refractivity contribution in [1.82, 2.24) is 4.98 Å². The van der Waals surface area contributed by atoms with Crippen molar-refractivity contribution in [1.29, 1.82) is 0 Å². The molecule has 2 aromatic rings. The third-order valence-corrected chi connectivity index (χ3v) is 3.18. The van der Waals surface area contributed by atoms with Crippen LogP contribution in [0.1, 0.15) is 12.0 Å². The number of aromatic nitrogens is 1. The summed E-state index contributed by atoms with van der Waals surface area (Å²) in [4.78, 5) is 15.9. The summed E-state index contributed by atoms with van der Waals surface area (Å²) in [7, 11) is 3.21. The number of amides is 1. The van der Waals surface area contributed by atoms with Crippen LogP contribution >= 0.6 is 12.4 Å². The summed E-state index contributed by atoms with van der Waals surface area (Å²) in [6, 6.07) is 8.88. The molecule has 0 aliphatic rings. The van der Waals surface area contributed by atoms with Crippen LogP contribution in [0.3, 0.4) is 0 Å². The van der Waals surface area contributed by atoms with Crippen molar-refractivity contribution >= 4 is 29.8 Å². The summed E-state index contributed by atoms with van der Waals surface area (Å²) in [5.74, 6) is 1.79. The third-order valence-electron chi connectivity index (χ3n) is 3.18. The zero-order valence-electron chi connectivity index (χ0n) is 13.0. The van der Waals surface area contributed by atoms with Crippen molar-refractivity contribution in [2.45, 2.75) is 12.8 Å². The number of hydrogen-bond donors (Lipinski definition) is 2. The molecule has 0 saturated carbocycles. The number of rotatable bonds is 6. The second-order valence-corrected chi connectivity index (χ2v) is 4.70. The Kier molecular flexibility index (Phi) is 7.15. The van der Waals surface area contributed by atoms with Gasteiger partial charge in [0.2, 0.25) is 5.91 Å². The first-order valence-electron chi connectivity index (χ1n) is 6.84. The number of carbonyl (C=O) groups is 1. The molecular weight excluding hydrogens is 318 g/mol. The average molecular weight is 338 g/mol. The molecule has 0 spiro atoms. The van der Waals surface area contributed by atoms with Gasteiger partial charge in [-0.25, -0.2) is 4.98 Å². The fourth-order valence-corrected chi connectivity index (χ4v) is 2.03. The summed E-state index contributed by atoms with van der Waals surface area (Å²) in [5, 5.41) is 2.78. The summed E-state index contributed by atoms with van der Waals surface area (Å²) in [6.45, 7) is 0. The molecule has 23 heavy (non-hydrogen) atoms. The zero-order chi connectivity index (χ0) is 15.9. The smallest absolute Gasteiger partial charge is 0.224 e. The van der Waals surface area contributed by atoms with E-state index in [2.05, 4.69) is 10.3 Å². The first-order chi connectivity index (χ1) is 10.6. The second kappa shape index (κ2) is 8.85. The number of aryl methyl sites for hydroxylation is 1. The van der Waals surface area contributed by atoms with Gasteiger partial charge in [0.25, 0.3) is 0 Å². The maximum Gasteiger partial charge on any atom is 0.224 e. The van der Waals surface area contributed by atoms with Crippen LogP contribution in [0.25, 0.3) is 0 Å². The van der Waals surface area contributed by atoms with E-state index in [1.807, 2.05) is 18.2 Å². The van der Waals surface area contributed by atoms with Gasteiger partial charge < -0.3 is 20.5 Å². The van der Waals surface area contributed by atoms with Gasteiger partial charge in [0.05, 0.1) is 26.1 Å². The molecule has 124 valence electrons. The highest BCUT2D eigenvalue weighted by Crippen LogP contribution is 2.25. The Morgan fingerprint density at radius 2 is 2.00 bits per heavy atom. The number of nitrogens with zero attached hydrogens (tertiary/aromatic N) is 1. The van der Waals surface area contributed by atoms with Gasteiger partial charge in [0.15, 0.2) is 0 Å². The van der Waals surface area contributed by atoms with E-state index < -0.39 is 0 Å². The number of methoxy groups -OCH3 is 2. The Labute approximate surface area is 141 Å². The van der Waals surface area contributed by atoms with Crippen LogP contribution in [0.15, 0.2) is 36.5 Å². The minimum atomic E-state index is -0.101. The van der Waals surface area contributed by atoms with Gasteiger partial charge in [0.1, 0.15) is 17.3 Å². The molecule has 1 aromatic carbocycles. The lowest BCUT2D eigenvalue weighted by Gasteiger charge is -2.10. The standard InChI is InChI=1S/C16H19N3O3.ClH/c1-21-13-5-6-14(22-2)11(9-13)3-8-16(20)19-12-4-7-15(17)18-10-12;/h4-7,9-10H,3,8H2,1-2H3,(H2,17,18)(H,19,20);1H. The largest absolute Gasteiger partial charge is 0.497 e. The number of pyridine rings is 1. The molecule has 0 bridgehead atoms. The maximum atomic E-state index is 12.0. The van der Waals surface area contributed by atoms with Gasteiger partial charge in [-0.15, -0.1) is 12.4 Å². The van der Waals surface area contributed by atoms with Gasteiger partial charge in [-0.1, -0.05) is 0 Å². The first kappa shape index (κ1) is 18.6. The first-order valence-corrected chi connectivity index (χ1v) is 6.84. The molecule has 1 aromatic heterocycles. The van der Waals surface area contributed by atoms with Gasteiger partial charge in [-0.3, -0.25) is 4.79 Å². The van der Waals surface area contributed by atoms with Crippen molar-refractivity contribution in [2.24, 2.45) is 0 Å². The van der Waals surface area contributed by atoms with Crippen LogP contribution in [-0.4, -0.2) is 25.1 Å². The Balaban J connectivity index is 0.00000264. The predicted molar refractivity (Wildman–Crippen MR) is 92.4 cm³/mol. The van der Waals surface area contributed by atoms with Crippen LogP contribution in [-0.2, 0) is 11.2 Å². The Morgan fingerprint density at radius 3 is 2.61 bits per heavy atom. The molecular formula is C16H20ClN3O3. The summed E-state index contributed by atoms with van der Waals surface area (Å²) in [5.41, 5.74) is 7.05. The molecule has 7 heteroatoms. The molecule has 0 atom stereocenters. The molecule has 0 aliphatic heterocycles. The molecule has 1 heterocycles. The van der Waals surface area contributed by atoms with E-state index in [1.54, 1.807) is 26.4 Å². The van der Waals surface area contributed by atoms with Crippen LogP contribution in [0.4, 0.5) is 11.5 Å². The van der Waals surface area contributed by atoms with E-state index in [9.17, 15) is 4.79 Å². The maximum absolute atomic E-state index is 12.0. The number of ether oxygens (including phenoxy) is 2. The minimum absolute atomic E-state index is 0. The Bertz CT molecular complexity index is 648. The summed E-state index contributed by atoms with van der Waals surface area (Å²) >= 11 is 0. The van der Waals surface area contributed by atoms with E-state index in [1.165, 1.54) is 6.20 Å². The number of anilines is 2. The number of nitrogens with two attached hydrogens (primary N) is 1. The van der Waals surface area contributed by atoms with Gasteiger partial charge in [-0.05, 0) is 42.3 Å². The molecule has 3 N–H and O–H groups in total. The number of nitrogens with one attached hydrogen (secondary N) is 1. The highest BCUT2D eigenvalue weighted by Gasteiger charge is 2.09.